The van der Waals surface area contributed by atoms with Gasteiger partial charge in [0, 0.05) is 13.1 Å². The number of methoxy groups -OCH3 is 3. The Morgan fingerprint density at radius 1 is 1.12 bits per heavy atom. The molecule has 3 rings (SSSR count). The van der Waals surface area contributed by atoms with E-state index in [1.807, 2.05) is 19.0 Å². The van der Waals surface area contributed by atoms with Gasteiger partial charge in [-0.3, -0.25) is 9.59 Å². The highest BCUT2D eigenvalue weighted by Gasteiger charge is 2.45. The van der Waals surface area contributed by atoms with Crippen LogP contribution < -0.4 is 14.2 Å². The van der Waals surface area contributed by atoms with Gasteiger partial charge in [0.25, 0.3) is 5.91 Å². The molecule has 0 spiro atoms. The second-order valence-electron chi connectivity index (χ2n) is 7.66. The highest BCUT2D eigenvalue weighted by atomic mass is 16.5. The molecule has 1 aromatic heterocycles. The molecule has 9 heteroatoms. The zero-order chi connectivity index (χ0) is 23.6. The molecule has 2 heterocycles. The molecule has 2 aromatic rings. The molecule has 1 atom stereocenters. The Balaban J connectivity index is 2.18. The quantitative estimate of drug-likeness (QED) is 0.589. The molecule has 0 saturated carbocycles. The smallest absolute Gasteiger partial charge is 0.290 e. The number of aliphatic hydroxyl groups excluding tert-OH is 1. The first kappa shape index (κ1) is 23.2. The molecule has 1 aromatic carbocycles. The molecular weight excluding hydrogens is 416 g/mol. The molecule has 172 valence electrons. The SMILES string of the molecule is COc1cc([C@@H]2C(C(=O)c3ccc(C)o3)=C(O)C(=O)N2CCN(C)C)cc(OC)c1OC. The Hall–Kier alpha value is -3.46. The van der Waals surface area contributed by atoms with Crippen LogP contribution in [0.15, 0.2) is 40.0 Å². The zero-order valence-electron chi connectivity index (χ0n) is 19.1. The van der Waals surface area contributed by atoms with Crippen molar-refractivity contribution in [3.8, 4) is 17.2 Å². The predicted octanol–water partition coefficient (Wildman–Crippen LogP) is 2.75. The molecule has 0 saturated heterocycles. The molecule has 0 unspecified atom stereocenters. The molecule has 0 bridgehead atoms. The van der Waals surface area contributed by atoms with Crippen molar-refractivity contribution in [3.05, 3.63) is 52.7 Å². The van der Waals surface area contributed by atoms with E-state index in [2.05, 4.69) is 0 Å². The largest absolute Gasteiger partial charge is 0.503 e. The maximum absolute atomic E-state index is 13.3. The summed E-state index contributed by atoms with van der Waals surface area (Å²) in [4.78, 5) is 29.7. The van der Waals surface area contributed by atoms with Crippen molar-refractivity contribution in [2.75, 3.05) is 48.5 Å². The third-order valence-corrected chi connectivity index (χ3v) is 5.30. The van der Waals surface area contributed by atoms with Crippen molar-refractivity contribution >= 4 is 11.7 Å². The van der Waals surface area contributed by atoms with Crippen molar-refractivity contribution in [1.82, 2.24) is 9.80 Å². The van der Waals surface area contributed by atoms with Crippen LogP contribution in [0.3, 0.4) is 0 Å². The van der Waals surface area contributed by atoms with Gasteiger partial charge in [0.15, 0.2) is 23.0 Å². The number of ketones is 1. The minimum atomic E-state index is -0.867. The molecule has 1 aliphatic rings. The number of carbonyl (C=O) groups is 2. The standard InChI is InChI=1S/C23H28N2O7/c1-13-7-8-15(32-13)20(26)18-19(25(10-9-24(2)3)23(28)21(18)27)14-11-16(29-4)22(31-6)17(12-14)30-5/h7-8,11-12,19,27H,9-10H2,1-6H3/t19-/m1/s1. The van der Waals surface area contributed by atoms with E-state index in [0.717, 1.165) is 0 Å². The second kappa shape index (κ2) is 9.35. The van der Waals surface area contributed by atoms with Crippen LogP contribution in [-0.2, 0) is 4.79 Å². The number of rotatable bonds is 9. The minimum Gasteiger partial charge on any atom is -0.503 e. The number of nitrogens with zero attached hydrogens (tertiary/aromatic N) is 2. The number of ether oxygens (including phenoxy) is 3. The highest BCUT2D eigenvalue weighted by molar-refractivity contribution is 6.15. The van der Waals surface area contributed by atoms with Gasteiger partial charge < -0.3 is 33.5 Å². The number of hydrogen-bond donors (Lipinski definition) is 1. The topological polar surface area (TPSA) is 102 Å². The first-order valence-corrected chi connectivity index (χ1v) is 10.0. The summed E-state index contributed by atoms with van der Waals surface area (Å²) < 4.78 is 21.8. The summed E-state index contributed by atoms with van der Waals surface area (Å²) in [6, 6.07) is 5.65. The fourth-order valence-electron chi connectivity index (χ4n) is 3.72. The first-order chi connectivity index (χ1) is 15.2. The van der Waals surface area contributed by atoms with Gasteiger partial charge in [-0.25, -0.2) is 0 Å². The van der Waals surface area contributed by atoms with Gasteiger partial charge in [0.05, 0.1) is 32.9 Å². The molecule has 32 heavy (non-hydrogen) atoms. The maximum atomic E-state index is 13.3. The summed E-state index contributed by atoms with van der Waals surface area (Å²) in [6.07, 6.45) is 0. The van der Waals surface area contributed by atoms with E-state index in [1.165, 1.54) is 32.3 Å². The number of aryl methyl sites for hydroxylation is 1. The van der Waals surface area contributed by atoms with Gasteiger partial charge in [-0.2, -0.15) is 0 Å². The van der Waals surface area contributed by atoms with Crippen LogP contribution in [0.25, 0.3) is 0 Å². The average molecular weight is 444 g/mol. The van der Waals surface area contributed by atoms with Gasteiger partial charge in [-0.15, -0.1) is 0 Å². The van der Waals surface area contributed by atoms with E-state index >= 15 is 0 Å². The third-order valence-electron chi connectivity index (χ3n) is 5.30. The summed E-state index contributed by atoms with van der Waals surface area (Å²) in [6.45, 7) is 2.53. The van der Waals surface area contributed by atoms with E-state index in [0.29, 0.717) is 35.1 Å². The maximum Gasteiger partial charge on any atom is 0.290 e. The second-order valence-corrected chi connectivity index (χ2v) is 7.66. The van der Waals surface area contributed by atoms with Crippen molar-refractivity contribution in [2.45, 2.75) is 13.0 Å². The van der Waals surface area contributed by atoms with Crippen LogP contribution in [0.5, 0.6) is 17.2 Å². The van der Waals surface area contributed by atoms with Gasteiger partial charge >= 0.3 is 0 Å². The lowest BCUT2D eigenvalue weighted by Crippen LogP contribution is -2.36. The average Bonchev–Trinajstić information content (AvgIpc) is 3.32. The lowest BCUT2D eigenvalue weighted by molar-refractivity contribution is -0.129. The lowest BCUT2D eigenvalue weighted by Gasteiger charge is -2.28. The van der Waals surface area contributed by atoms with Crippen molar-refractivity contribution < 1.29 is 33.3 Å². The van der Waals surface area contributed by atoms with Gasteiger partial charge in [-0.05, 0) is 50.8 Å². The molecule has 0 aliphatic carbocycles. The number of likely N-dealkylation sites (N-methyl/N-ethyl adjacent to an activating group) is 1. The van der Waals surface area contributed by atoms with E-state index in [1.54, 1.807) is 25.1 Å². The lowest BCUT2D eigenvalue weighted by atomic mass is 9.94. The fraction of sp³-hybridized carbons (Fsp3) is 0.391. The monoisotopic (exact) mass is 444 g/mol. The molecule has 0 fully saturated rings. The zero-order valence-corrected chi connectivity index (χ0v) is 19.1. The summed E-state index contributed by atoms with van der Waals surface area (Å²) in [5.41, 5.74) is 0.472. The number of carbonyl (C=O) groups excluding carboxylic acids is 2. The summed E-state index contributed by atoms with van der Waals surface area (Å²) >= 11 is 0. The fourth-order valence-corrected chi connectivity index (χ4v) is 3.72. The number of furan rings is 1. The van der Waals surface area contributed by atoms with E-state index in [4.69, 9.17) is 18.6 Å². The van der Waals surface area contributed by atoms with Crippen LogP contribution in [0.1, 0.15) is 27.9 Å². The number of benzene rings is 1. The van der Waals surface area contributed by atoms with Crippen LogP contribution in [-0.4, -0.2) is 75.1 Å². The van der Waals surface area contributed by atoms with E-state index in [-0.39, 0.29) is 17.9 Å². The van der Waals surface area contributed by atoms with Crippen molar-refractivity contribution in [2.24, 2.45) is 0 Å². The highest BCUT2D eigenvalue weighted by Crippen LogP contribution is 2.45. The number of Topliss-reactive ketones (excluding diaryl/α,β-unsaturated/α-hetero) is 1. The van der Waals surface area contributed by atoms with Gasteiger partial charge in [0.1, 0.15) is 5.76 Å². The molecule has 1 aliphatic heterocycles. The van der Waals surface area contributed by atoms with Crippen LogP contribution >= 0.6 is 0 Å². The Labute approximate surface area is 186 Å². The third kappa shape index (κ3) is 4.16. The predicted molar refractivity (Wildman–Crippen MR) is 117 cm³/mol. The van der Waals surface area contributed by atoms with E-state index in [9.17, 15) is 14.7 Å². The van der Waals surface area contributed by atoms with Crippen LogP contribution in [0.4, 0.5) is 0 Å². The summed E-state index contributed by atoms with van der Waals surface area (Å²) in [5.74, 6) is -0.0717. The van der Waals surface area contributed by atoms with E-state index < -0.39 is 23.5 Å². The van der Waals surface area contributed by atoms with Crippen molar-refractivity contribution in [3.63, 3.8) is 0 Å². The Kier molecular flexibility index (Phi) is 6.78. The van der Waals surface area contributed by atoms with Crippen LogP contribution in [0, 0.1) is 6.92 Å². The Bertz CT molecular complexity index is 1030. The summed E-state index contributed by atoms with van der Waals surface area (Å²) in [7, 11) is 8.20. The van der Waals surface area contributed by atoms with Crippen molar-refractivity contribution in [1.29, 1.82) is 0 Å². The molecule has 0 radical (unpaired) electrons. The van der Waals surface area contributed by atoms with Gasteiger partial charge in [0.2, 0.25) is 11.5 Å². The molecule has 1 N–H and O–H groups in total. The Morgan fingerprint density at radius 2 is 1.75 bits per heavy atom. The van der Waals surface area contributed by atoms with Gasteiger partial charge in [-0.1, -0.05) is 0 Å². The number of amides is 1. The molecule has 1 amide bonds. The summed E-state index contributed by atoms with van der Waals surface area (Å²) in [5, 5.41) is 10.7. The number of aliphatic hydroxyl groups is 1. The molecular formula is C23H28N2O7. The van der Waals surface area contributed by atoms with Crippen LogP contribution in [0.2, 0.25) is 0 Å². The molecule has 9 nitrogen and oxygen atoms in total. The number of hydrogen-bond acceptors (Lipinski definition) is 8. The first-order valence-electron chi connectivity index (χ1n) is 10.0. The Morgan fingerprint density at radius 3 is 2.22 bits per heavy atom. The normalized spacial score (nSPS) is 16.2. The minimum absolute atomic E-state index is 0.0451.